The molecule has 1 aliphatic heterocycles. The second-order valence-electron chi connectivity index (χ2n) is 6.75. The molecular weight excluding hydrogens is 374 g/mol. The number of hydrogen-bond acceptors (Lipinski definition) is 5. The number of carboxylic acids is 1. The first-order valence-corrected chi connectivity index (χ1v) is 9.06. The summed E-state index contributed by atoms with van der Waals surface area (Å²) in [6.07, 6.45) is 0.400. The van der Waals surface area contributed by atoms with E-state index in [0.29, 0.717) is 36.7 Å². The van der Waals surface area contributed by atoms with Gasteiger partial charge in [0.05, 0.1) is 17.7 Å². The lowest BCUT2D eigenvalue weighted by molar-refractivity contribution is -0.137. The fourth-order valence-corrected chi connectivity index (χ4v) is 3.01. The highest BCUT2D eigenvalue weighted by atomic mass is 16.5. The minimum atomic E-state index is -1.24. The molecule has 3 rings (SSSR count). The Morgan fingerprint density at radius 3 is 2.31 bits per heavy atom. The SMILES string of the molecule is C=C(C)COc1ccc(OCCc2cccc3c2C(=O)N(CC(=O)O)C3=O)cc1. The van der Waals surface area contributed by atoms with Crippen molar-refractivity contribution in [2.45, 2.75) is 13.3 Å². The number of ether oxygens (including phenoxy) is 2. The van der Waals surface area contributed by atoms with Gasteiger partial charge in [0.1, 0.15) is 24.7 Å². The van der Waals surface area contributed by atoms with Crippen molar-refractivity contribution in [3.8, 4) is 11.5 Å². The van der Waals surface area contributed by atoms with Gasteiger partial charge in [0.2, 0.25) is 0 Å². The van der Waals surface area contributed by atoms with Gasteiger partial charge in [-0.15, -0.1) is 0 Å². The summed E-state index contributed by atoms with van der Waals surface area (Å²) in [6, 6.07) is 12.1. The van der Waals surface area contributed by atoms with Gasteiger partial charge in [0.25, 0.3) is 11.8 Å². The Labute approximate surface area is 168 Å². The summed E-state index contributed by atoms with van der Waals surface area (Å²) in [5, 5.41) is 8.93. The first-order chi connectivity index (χ1) is 13.9. The van der Waals surface area contributed by atoms with Crippen LogP contribution in [0.1, 0.15) is 33.2 Å². The third kappa shape index (κ3) is 4.63. The van der Waals surface area contributed by atoms with Crippen LogP contribution >= 0.6 is 0 Å². The maximum atomic E-state index is 12.5. The van der Waals surface area contributed by atoms with Crippen LogP contribution in [-0.2, 0) is 11.2 Å². The van der Waals surface area contributed by atoms with Crippen molar-refractivity contribution in [2.75, 3.05) is 19.8 Å². The number of rotatable bonds is 9. The van der Waals surface area contributed by atoms with Crippen LogP contribution in [0.2, 0.25) is 0 Å². The van der Waals surface area contributed by atoms with Gasteiger partial charge in [-0.05, 0) is 48.4 Å². The maximum Gasteiger partial charge on any atom is 0.323 e. The molecule has 0 radical (unpaired) electrons. The molecule has 2 amide bonds. The molecule has 0 unspecified atom stereocenters. The predicted octanol–water partition coefficient (Wildman–Crippen LogP) is 2.94. The summed E-state index contributed by atoms with van der Waals surface area (Å²) in [4.78, 5) is 36.5. The van der Waals surface area contributed by atoms with E-state index in [1.54, 1.807) is 36.4 Å². The van der Waals surface area contributed by atoms with E-state index in [4.69, 9.17) is 14.6 Å². The molecule has 0 atom stereocenters. The summed E-state index contributed by atoms with van der Waals surface area (Å²) in [6.45, 7) is 5.76. The highest BCUT2D eigenvalue weighted by Gasteiger charge is 2.38. The predicted molar refractivity (Wildman–Crippen MR) is 105 cm³/mol. The van der Waals surface area contributed by atoms with Crippen LogP contribution in [0.3, 0.4) is 0 Å². The summed E-state index contributed by atoms with van der Waals surface area (Å²) in [5.41, 5.74) is 2.06. The highest BCUT2D eigenvalue weighted by molar-refractivity contribution is 6.22. The first kappa shape index (κ1) is 20.1. The number of carbonyl (C=O) groups is 3. The van der Waals surface area contributed by atoms with E-state index in [0.717, 1.165) is 10.5 Å². The number of hydrogen-bond donors (Lipinski definition) is 1. The summed E-state index contributed by atoms with van der Waals surface area (Å²) in [7, 11) is 0. The average Bonchev–Trinajstić information content (AvgIpc) is 2.92. The fourth-order valence-electron chi connectivity index (χ4n) is 3.01. The zero-order valence-electron chi connectivity index (χ0n) is 16.0. The number of amides is 2. The Hall–Kier alpha value is -3.61. The van der Waals surface area contributed by atoms with Gasteiger partial charge >= 0.3 is 5.97 Å². The Bertz CT molecular complexity index is 964. The van der Waals surface area contributed by atoms with E-state index < -0.39 is 24.3 Å². The number of benzene rings is 2. The van der Waals surface area contributed by atoms with E-state index in [2.05, 4.69) is 6.58 Å². The van der Waals surface area contributed by atoms with Crippen LogP contribution in [0, 0.1) is 0 Å². The van der Waals surface area contributed by atoms with E-state index in [1.807, 2.05) is 6.92 Å². The van der Waals surface area contributed by atoms with E-state index >= 15 is 0 Å². The molecule has 29 heavy (non-hydrogen) atoms. The topological polar surface area (TPSA) is 93.1 Å². The molecule has 1 heterocycles. The fraction of sp³-hybridized carbons (Fsp3) is 0.227. The summed E-state index contributed by atoms with van der Waals surface area (Å²) < 4.78 is 11.3. The van der Waals surface area contributed by atoms with E-state index in [1.165, 1.54) is 6.07 Å². The van der Waals surface area contributed by atoms with Crippen LogP contribution in [0.25, 0.3) is 0 Å². The van der Waals surface area contributed by atoms with E-state index in [9.17, 15) is 14.4 Å². The molecule has 7 nitrogen and oxygen atoms in total. The van der Waals surface area contributed by atoms with Crippen molar-refractivity contribution in [1.29, 1.82) is 0 Å². The molecule has 0 bridgehead atoms. The quantitative estimate of drug-likeness (QED) is 0.518. The maximum absolute atomic E-state index is 12.5. The third-order valence-corrected chi connectivity index (χ3v) is 4.33. The molecule has 150 valence electrons. The molecule has 0 saturated carbocycles. The molecule has 0 saturated heterocycles. The van der Waals surface area contributed by atoms with Gasteiger partial charge in [-0.1, -0.05) is 18.7 Å². The van der Waals surface area contributed by atoms with Gasteiger partial charge in [-0.3, -0.25) is 19.3 Å². The van der Waals surface area contributed by atoms with Gasteiger partial charge in [-0.25, -0.2) is 0 Å². The molecule has 2 aromatic rings. The van der Waals surface area contributed by atoms with Gasteiger partial charge < -0.3 is 14.6 Å². The van der Waals surface area contributed by atoms with Crippen molar-refractivity contribution in [1.82, 2.24) is 4.90 Å². The van der Waals surface area contributed by atoms with Crippen molar-refractivity contribution in [2.24, 2.45) is 0 Å². The molecule has 0 aliphatic carbocycles. The van der Waals surface area contributed by atoms with Crippen LogP contribution < -0.4 is 9.47 Å². The lowest BCUT2D eigenvalue weighted by Gasteiger charge is -2.11. The smallest absolute Gasteiger partial charge is 0.323 e. The number of aliphatic carboxylic acids is 1. The van der Waals surface area contributed by atoms with Crippen molar-refractivity contribution < 1.29 is 29.0 Å². The lowest BCUT2D eigenvalue weighted by Crippen LogP contribution is -2.34. The zero-order valence-corrected chi connectivity index (χ0v) is 16.0. The van der Waals surface area contributed by atoms with Crippen LogP contribution in [0.4, 0.5) is 0 Å². The molecule has 2 aromatic carbocycles. The molecular formula is C22H21NO6. The Morgan fingerprint density at radius 1 is 1.03 bits per heavy atom. The average molecular weight is 395 g/mol. The summed E-state index contributed by atoms with van der Waals surface area (Å²) in [5.74, 6) is -1.04. The molecule has 0 fully saturated rings. The van der Waals surface area contributed by atoms with Crippen LogP contribution in [0.5, 0.6) is 11.5 Å². The van der Waals surface area contributed by atoms with Crippen molar-refractivity contribution >= 4 is 17.8 Å². The number of carbonyl (C=O) groups excluding carboxylic acids is 2. The van der Waals surface area contributed by atoms with E-state index in [-0.39, 0.29) is 11.1 Å². The Balaban J connectivity index is 1.63. The normalized spacial score (nSPS) is 12.7. The standard InChI is InChI=1S/C22H21NO6/c1-14(2)13-29-17-8-6-16(7-9-17)28-11-10-15-4-3-5-18-20(15)22(27)23(21(18)26)12-19(24)25/h3-9H,1,10-13H2,2H3,(H,24,25). The van der Waals surface area contributed by atoms with Gasteiger partial charge in [0, 0.05) is 6.42 Å². The largest absolute Gasteiger partial charge is 0.493 e. The number of nitrogens with zero attached hydrogens (tertiary/aromatic N) is 1. The molecule has 1 N–H and O–H groups in total. The zero-order chi connectivity index (χ0) is 21.0. The lowest BCUT2D eigenvalue weighted by atomic mass is 10.0. The Kier molecular flexibility index (Phi) is 5.97. The number of carboxylic acid groups (broad SMARTS) is 1. The minimum absolute atomic E-state index is 0.229. The third-order valence-electron chi connectivity index (χ3n) is 4.33. The van der Waals surface area contributed by atoms with Crippen LogP contribution in [0.15, 0.2) is 54.6 Å². The second kappa shape index (κ2) is 8.60. The second-order valence-corrected chi connectivity index (χ2v) is 6.75. The summed E-state index contributed by atoms with van der Waals surface area (Å²) >= 11 is 0. The molecule has 7 heteroatoms. The Morgan fingerprint density at radius 2 is 1.69 bits per heavy atom. The molecule has 0 spiro atoms. The van der Waals surface area contributed by atoms with Crippen LogP contribution in [-0.4, -0.2) is 47.5 Å². The van der Waals surface area contributed by atoms with Crippen molar-refractivity contribution in [3.05, 3.63) is 71.3 Å². The van der Waals surface area contributed by atoms with Gasteiger partial charge in [-0.2, -0.15) is 0 Å². The highest BCUT2D eigenvalue weighted by Crippen LogP contribution is 2.26. The van der Waals surface area contributed by atoms with Gasteiger partial charge in [0.15, 0.2) is 0 Å². The first-order valence-electron chi connectivity index (χ1n) is 9.06. The number of fused-ring (bicyclic) bond motifs is 1. The monoisotopic (exact) mass is 395 g/mol. The minimum Gasteiger partial charge on any atom is -0.493 e. The number of imide groups is 1. The van der Waals surface area contributed by atoms with Crippen molar-refractivity contribution in [3.63, 3.8) is 0 Å². The molecule has 1 aliphatic rings. The molecule has 0 aromatic heterocycles.